The second kappa shape index (κ2) is 10.0. The average Bonchev–Trinajstić information content (AvgIpc) is 3.13. The lowest BCUT2D eigenvalue weighted by Gasteiger charge is -2.12. The number of carbonyl (C=O) groups is 1. The van der Waals surface area contributed by atoms with Crippen LogP contribution in [0.5, 0.6) is 0 Å². The fraction of sp³-hybridized carbons (Fsp3) is 0.611. The van der Waals surface area contributed by atoms with Gasteiger partial charge in [-0.05, 0) is 51.3 Å². The highest BCUT2D eigenvalue weighted by Gasteiger charge is 2.21. The molecular weight excluding hydrogens is 356 g/mol. The molecule has 1 saturated heterocycles. The molecule has 1 aliphatic heterocycles. The number of hydrogen-bond donors (Lipinski definition) is 2. The van der Waals surface area contributed by atoms with Crippen LogP contribution in [0.3, 0.4) is 0 Å². The zero-order chi connectivity index (χ0) is 19.0. The molecule has 0 bridgehead atoms. The van der Waals surface area contributed by atoms with Crippen molar-refractivity contribution in [2.45, 2.75) is 50.2 Å². The Morgan fingerprint density at radius 3 is 2.88 bits per heavy atom. The van der Waals surface area contributed by atoms with Gasteiger partial charge in [0.05, 0.1) is 17.1 Å². The Bertz CT molecular complexity index is 685. The molecule has 1 amide bonds. The molecule has 1 heterocycles. The lowest BCUT2D eigenvalue weighted by molar-refractivity contribution is 0.0757. The Labute approximate surface area is 155 Å². The van der Waals surface area contributed by atoms with E-state index in [0.717, 1.165) is 12.8 Å². The van der Waals surface area contributed by atoms with Crippen molar-refractivity contribution in [3.8, 4) is 0 Å². The van der Waals surface area contributed by atoms with Crippen molar-refractivity contribution in [3.05, 3.63) is 29.8 Å². The van der Waals surface area contributed by atoms with Crippen LogP contribution in [0.4, 0.5) is 0 Å². The van der Waals surface area contributed by atoms with Crippen LogP contribution in [-0.4, -0.2) is 52.8 Å². The van der Waals surface area contributed by atoms with E-state index in [-0.39, 0.29) is 29.6 Å². The van der Waals surface area contributed by atoms with Gasteiger partial charge in [0.15, 0.2) is 0 Å². The van der Waals surface area contributed by atoms with E-state index in [1.165, 1.54) is 12.1 Å². The van der Waals surface area contributed by atoms with Crippen LogP contribution in [0.25, 0.3) is 0 Å². The number of sulfonamides is 1. The molecule has 2 rings (SSSR count). The average molecular weight is 384 g/mol. The van der Waals surface area contributed by atoms with Crippen LogP contribution in [0.2, 0.25) is 0 Å². The molecule has 7 nitrogen and oxygen atoms in total. The monoisotopic (exact) mass is 384 g/mol. The molecule has 1 aromatic rings. The maximum Gasteiger partial charge on any atom is 0.251 e. The lowest BCUT2D eigenvalue weighted by Crippen LogP contribution is -2.32. The Hall–Kier alpha value is -1.48. The van der Waals surface area contributed by atoms with E-state index in [1.807, 2.05) is 13.8 Å². The molecule has 0 spiro atoms. The number of carbonyl (C=O) groups excluding carboxylic acids is 1. The van der Waals surface area contributed by atoms with Crippen molar-refractivity contribution in [1.29, 1.82) is 0 Å². The molecule has 0 saturated carbocycles. The maximum absolute atomic E-state index is 12.4. The van der Waals surface area contributed by atoms with Crippen LogP contribution in [0, 0.1) is 0 Å². The predicted octanol–water partition coefficient (Wildman–Crippen LogP) is 1.69. The number of ether oxygens (including phenoxy) is 2. The summed E-state index contributed by atoms with van der Waals surface area (Å²) in [5.41, 5.74) is 0.315. The fourth-order valence-corrected chi connectivity index (χ4v) is 3.70. The van der Waals surface area contributed by atoms with Gasteiger partial charge in [-0.2, -0.15) is 0 Å². The van der Waals surface area contributed by atoms with Crippen molar-refractivity contribution in [1.82, 2.24) is 10.0 Å². The summed E-state index contributed by atoms with van der Waals surface area (Å²) in [6, 6.07) is 6.03. The first kappa shape index (κ1) is 20.8. The van der Waals surface area contributed by atoms with Crippen molar-refractivity contribution in [2.75, 3.05) is 26.3 Å². The van der Waals surface area contributed by atoms with Crippen LogP contribution in [0.15, 0.2) is 29.2 Å². The van der Waals surface area contributed by atoms with Gasteiger partial charge >= 0.3 is 0 Å². The van der Waals surface area contributed by atoms with E-state index in [2.05, 4.69) is 10.0 Å². The molecule has 146 valence electrons. The van der Waals surface area contributed by atoms with Gasteiger partial charge in [0, 0.05) is 31.9 Å². The normalized spacial score (nSPS) is 17.6. The Balaban J connectivity index is 1.88. The highest BCUT2D eigenvalue weighted by atomic mass is 32.2. The van der Waals surface area contributed by atoms with Crippen molar-refractivity contribution >= 4 is 15.9 Å². The first-order valence-corrected chi connectivity index (χ1v) is 10.5. The van der Waals surface area contributed by atoms with Crippen LogP contribution < -0.4 is 10.0 Å². The molecule has 1 fully saturated rings. The van der Waals surface area contributed by atoms with Gasteiger partial charge in [-0.15, -0.1) is 0 Å². The molecule has 8 heteroatoms. The van der Waals surface area contributed by atoms with Crippen LogP contribution in [0.1, 0.15) is 43.5 Å². The van der Waals surface area contributed by atoms with E-state index in [0.29, 0.717) is 31.7 Å². The van der Waals surface area contributed by atoms with Crippen LogP contribution >= 0.6 is 0 Å². The molecule has 2 N–H and O–H groups in total. The Kier molecular flexibility index (Phi) is 8.02. The fourth-order valence-electron chi connectivity index (χ4n) is 2.59. The van der Waals surface area contributed by atoms with Crippen LogP contribution in [-0.2, 0) is 19.5 Å². The summed E-state index contributed by atoms with van der Waals surface area (Å²) in [7, 11) is -3.67. The van der Waals surface area contributed by atoms with Gasteiger partial charge in [-0.3, -0.25) is 4.79 Å². The zero-order valence-corrected chi connectivity index (χ0v) is 16.2. The van der Waals surface area contributed by atoms with E-state index in [1.54, 1.807) is 12.1 Å². The standard InChI is InChI=1S/C18H28N2O5S/c1-14(2)24-11-5-9-19-18(21)15-6-3-8-17(12-15)26(22,23)20-13-16-7-4-10-25-16/h3,6,8,12,14,16,20H,4-5,7,9-11,13H2,1-2H3,(H,19,21). The summed E-state index contributed by atoms with van der Waals surface area (Å²) in [5.74, 6) is -0.300. The molecular formula is C18H28N2O5S. The number of rotatable bonds is 10. The smallest absolute Gasteiger partial charge is 0.251 e. The third-order valence-electron chi connectivity index (χ3n) is 3.99. The topological polar surface area (TPSA) is 93.7 Å². The van der Waals surface area contributed by atoms with E-state index >= 15 is 0 Å². The van der Waals surface area contributed by atoms with E-state index in [9.17, 15) is 13.2 Å². The Morgan fingerprint density at radius 1 is 1.38 bits per heavy atom. The van der Waals surface area contributed by atoms with Gasteiger partial charge in [0.1, 0.15) is 0 Å². The maximum atomic E-state index is 12.4. The number of nitrogens with one attached hydrogen (secondary N) is 2. The number of benzene rings is 1. The molecule has 1 aliphatic rings. The van der Waals surface area contributed by atoms with Gasteiger partial charge in [0.25, 0.3) is 5.91 Å². The molecule has 0 aliphatic carbocycles. The predicted molar refractivity (Wildman–Crippen MR) is 98.6 cm³/mol. The van der Waals surface area contributed by atoms with Gasteiger partial charge in [-0.1, -0.05) is 6.07 Å². The molecule has 26 heavy (non-hydrogen) atoms. The second-order valence-electron chi connectivity index (χ2n) is 6.54. The largest absolute Gasteiger partial charge is 0.379 e. The van der Waals surface area contributed by atoms with Gasteiger partial charge < -0.3 is 14.8 Å². The summed E-state index contributed by atoms with van der Waals surface area (Å²) in [6.07, 6.45) is 2.58. The van der Waals surface area contributed by atoms with E-state index in [4.69, 9.17) is 9.47 Å². The SMILES string of the molecule is CC(C)OCCCNC(=O)c1cccc(S(=O)(=O)NCC2CCCO2)c1. The van der Waals surface area contributed by atoms with Crippen molar-refractivity contribution in [2.24, 2.45) is 0 Å². The van der Waals surface area contributed by atoms with Gasteiger partial charge in [0.2, 0.25) is 10.0 Å². The quantitative estimate of drug-likeness (QED) is 0.599. The summed E-state index contributed by atoms with van der Waals surface area (Å²) in [5, 5.41) is 2.77. The summed E-state index contributed by atoms with van der Waals surface area (Å²) in [4.78, 5) is 12.3. The first-order valence-electron chi connectivity index (χ1n) is 8.99. The Morgan fingerprint density at radius 2 is 2.19 bits per heavy atom. The molecule has 0 radical (unpaired) electrons. The number of hydrogen-bond acceptors (Lipinski definition) is 5. The van der Waals surface area contributed by atoms with Crippen molar-refractivity contribution in [3.63, 3.8) is 0 Å². The first-order chi connectivity index (χ1) is 12.4. The zero-order valence-electron chi connectivity index (χ0n) is 15.4. The summed E-state index contributed by atoms with van der Waals surface area (Å²) >= 11 is 0. The molecule has 0 aromatic heterocycles. The minimum atomic E-state index is -3.67. The molecule has 1 unspecified atom stereocenters. The third kappa shape index (κ3) is 6.68. The lowest BCUT2D eigenvalue weighted by atomic mass is 10.2. The third-order valence-corrected chi connectivity index (χ3v) is 5.41. The minimum absolute atomic E-state index is 0.0753. The summed E-state index contributed by atoms with van der Waals surface area (Å²) in [6.45, 7) is 5.87. The number of amides is 1. The van der Waals surface area contributed by atoms with Gasteiger partial charge in [-0.25, -0.2) is 13.1 Å². The highest BCUT2D eigenvalue weighted by Crippen LogP contribution is 2.14. The minimum Gasteiger partial charge on any atom is -0.379 e. The van der Waals surface area contributed by atoms with Crippen molar-refractivity contribution < 1.29 is 22.7 Å². The second-order valence-corrected chi connectivity index (χ2v) is 8.31. The molecule has 1 aromatic carbocycles. The van der Waals surface area contributed by atoms with E-state index < -0.39 is 10.0 Å². The highest BCUT2D eigenvalue weighted by molar-refractivity contribution is 7.89. The molecule has 1 atom stereocenters. The summed E-state index contributed by atoms with van der Waals surface area (Å²) < 4.78 is 38.2.